The molecule has 0 aliphatic rings. The fourth-order valence-corrected chi connectivity index (χ4v) is 3.14. The van der Waals surface area contributed by atoms with Crippen molar-refractivity contribution in [2.75, 3.05) is 40.0 Å². The summed E-state index contributed by atoms with van der Waals surface area (Å²) in [4.78, 5) is 19.1. The summed E-state index contributed by atoms with van der Waals surface area (Å²) in [7, 11) is 4.89. The molecule has 0 spiro atoms. The molecule has 0 unspecified atom stereocenters. The molecule has 1 amide bonds. The molecule has 2 rings (SSSR count). The highest BCUT2D eigenvalue weighted by molar-refractivity contribution is 7.99. The molecule has 156 valence electrons. The number of carbonyl (C=O) groups excluding carboxylic acids is 1. The highest BCUT2D eigenvalue weighted by Gasteiger charge is 2.07. The van der Waals surface area contributed by atoms with E-state index in [0.29, 0.717) is 23.8 Å². The number of nitrogens with zero attached hydrogens (tertiary/aromatic N) is 2. The van der Waals surface area contributed by atoms with Crippen LogP contribution in [0, 0.1) is 5.82 Å². The lowest BCUT2D eigenvalue weighted by Gasteiger charge is -2.15. The summed E-state index contributed by atoms with van der Waals surface area (Å²) < 4.78 is 18.8. The fraction of sp³-hybridized carbons (Fsp3) is 0.333. The topological polar surface area (TPSA) is 66.0 Å². The number of methoxy groups -OCH3 is 1. The molecule has 0 saturated heterocycles. The molecule has 8 heteroatoms. The Bertz CT molecular complexity index is 816. The molecule has 0 atom stereocenters. The van der Waals surface area contributed by atoms with Crippen molar-refractivity contribution in [2.24, 2.45) is 4.99 Å². The summed E-state index contributed by atoms with van der Waals surface area (Å²) in [6, 6.07) is 14.6. The van der Waals surface area contributed by atoms with Crippen LogP contribution in [0.2, 0.25) is 0 Å². The molecule has 6 nitrogen and oxygen atoms in total. The SMILES string of the molecule is COc1cc(F)cc(CN=C(NCCSc2ccccc2)NCC(=O)N(C)C)c1. The van der Waals surface area contributed by atoms with Crippen LogP contribution in [0.25, 0.3) is 0 Å². The number of amides is 1. The van der Waals surface area contributed by atoms with E-state index in [-0.39, 0.29) is 24.8 Å². The number of carbonyl (C=O) groups is 1. The van der Waals surface area contributed by atoms with E-state index < -0.39 is 0 Å². The van der Waals surface area contributed by atoms with Crippen LogP contribution in [-0.4, -0.2) is 56.8 Å². The van der Waals surface area contributed by atoms with E-state index in [1.165, 1.54) is 29.0 Å². The van der Waals surface area contributed by atoms with E-state index in [9.17, 15) is 9.18 Å². The van der Waals surface area contributed by atoms with Crippen molar-refractivity contribution >= 4 is 23.6 Å². The average molecular weight is 419 g/mol. The number of likely N-dealkylation sites (N-methyl/N-ethyl adjacent to an activating group) is 1. The first-order valence-electron chi connectivity index (χ1n) is 9.21. The first kappa shape index (κ1) is 22.5. The van der Waals surface area contributed by atoms with Crippen LogP contribution >= 0.6 is 11.8 Å². The minimum absolute atomic E-state index is 0.0643. The smallest absolute Gasteiger partial charge is 0.241 e. The summed E-state index contributed by atoms with van der Waals surface area (Å²) in [5, 5.41) is 6.25. The van der Waals surface area contributed by atoms with Gasteiger partial charge in [-0.3, -0.25) is 4.79 Å². The Morgan fingerprint density at radius 1 is 1.17 bits per heavy atom. The Labute approximate surface area is 175 Å². The lowest BCUT2D eigenvalue weighted by Crippen LogP contribution is -2.43. The van der Waals surface area contributed by atoms with Crippen molar-refractivity contribution < 1.29 is 13.9 Å². The van der Waals surface area contributed by atoms with E-state index >= 15 is 0 Å². The number of halogens is 1. The molecule has 0 radical (unpaired) electrons. The van der Waals surface area contributed by atoms with E-state index in [1.807, 2.05) is 18.2 Å². The van der Waals surface area contributed by atoms with Crippen LogP contribution in [0.15, 0.2) is 58.4 Å². The zero-order chi connectivity index (χ0) is 21.1. The van der Waals surface area contributed by atoms with Crippen molar-refractivity contribution in [3.63, 3.8) is 0 Å². The molecule has 0 aromatic heterocycles. The highest BCUT2D eigenvalue weighted by Crippen LogP contribution is 2.17. The van der Waals surface area contributed by atoms with E-state index in [1.54, 1.807) is 31.9 Å². The van der Waals surface area contributed by atoms with Crippen molar-refractivity contribution in [1.82, 2.24) is 15.5 Å². The lowest BCUT2D eigenvalue weighted by molar-refractivity contribution is -0.127. The van der Waals surface area contributed by atoms with Gasteiger partial charge in [0.25, 0.3) is 0 Å². The number of guanidine groups is 1. The molecule has 29 heavy (non-hydrogen) atoms. The van der Waals surface area contributed by atoms with Crippen molar-refractivity contribution in [2.45, 2.75) is 11.4 Å². The van der Waals surface area contributed by atoms with Gasteiger partial charge >= 0.3 is 0 Å². The standard InChI is InChI=1S/C21H27FN4O2S/c1-26(2)20(27)15-25-21(23-9-10-29-19-7-5-4-6-8-19)24-14-16-11-17(22)13-18(12-16)28-3/h4-8,11-13H,9-10,14-15H2,1-3H3,(H2,23,24,25). The van der Waals surface area contributed by atoms with Crippen LogP contribution in [-0.2, 0) is 11.3 Å². The molecule has 2 N–H and O–H groups in total. The molecule has 0 aliphatic carbocycles. The number of ether oxygens (including phenoxy) is 1. The third-order valence-corrected chi connectivity index (χ3v) is 4.91. The zero-order valence-electron chi connectivity index (χ0n) is 16.9. The Balaban J connectivity index is 1.96. The number of benzene rings is 2. The maximum absolute atomic E-state index is 13.7. The second kappa shape index (κ2) is 12.0. The maximum atomic E-state index is 13.7. The number of hydrogen-bond donors (Lipinski definition) is 2. The monoisotopic (exact) mass is 418 g/mol. The minimum Gasteiger partial charge on any atom is -0.497 e. The molecular weight excluding hydrogens is 391 g/mol. The van der Waals surface area contributed by atoms with Gasteiger partial charge in [0.2, 0.25) is 5.91 Å². The minimum atomic E-state index is -0.376. The molecule has 2 aromatic rings. The second-order valence-corrected chi connectivity index (χ2v) is 7.56. The van der Waals surface area contributed by atoms with E-state index in [2.05, 4.69) is 27.8 Å². The molecule has 2 aromatic carbocycles. The quantitative estimate of drug-likeness (QED) is 0.284. The summed E-state index contributed by atoms with van der Waals surface area (Å²) in [6.07, 6.45) is 0. The van der Waals surface area contributed by atoms with E-state index in [4.69, 9.17) is 4.74 Å². The van der Waals surface area contributed by atoms with Crippen molar-refractivity contribution in [1.29, 1.82) is 0 Å². The van der Waals surface area contributed by atoms with Gasteiger partial charge in [0.1, 0.15) is 11.6 Å². The predicted octanol–water partition coefficient (Wildman–Crippen LogP) is 2.75. The lowest BCUT2D eigenvalue weighted by atomic mass is 10.2. The van der Waals surface area contributed by atoms with Gasteiger partial charge < -0.3 is 20.3 Å². The Kier molecular flexibility index (Phi) is 9.30. The number of rotatable bonds is 9. The van der Waals surface area contributed by atoms with Crippen LogP contribution < -0.4 is 15.4 Å². The zero-order valence-corrected chi connectivity index (χ0v) is 17.8. The number of hydrogen-bond acceptors (Lipinski definition) is 4. The van der Waals surface area contributed by atoms with Gasteiger partial charge in [-0.2, -0.15) is 0 Å². The van der Waals surface area contributed by atoms with Crippen molar-refractivity contribution in [3.05, 3.63) is 59.9 Å². The van der Waals surface area contributed by atoms with Gasteiger partial charge in [-0.05, 0) is 29.8 Å². The fourth-order valence-electron chi connectivity index (χ4n) is 2.35. The van der Waals surface area contributed by atoms with Gasteiger partial charge in [0.15, 0.2) is 5.96 Å². The van der Waals surface area contributed by atoms with Crippen LogP contribution in [0.4, 0.5) is 4.39 Å². The van der Waals surface area contributed by atoms with Gasteiger partial charge in [0.05, 0.1) is 20.2 Å². The predicted molar refractivity (Wildman–Crippen MR) is 116 cm³/mol. The number of nitrogens with one attached hydrogen (secondary N) is 2. The average Bonchev–Trinajstić information content (AvgIpc) is 2.72. The summed E-state index contributed by atoms with van der Waals surface area (Å²) >= 11 is 1.73. The summed E-state index contributed by atoms with van der Waals surface area (Å²) in [6.45, 7) is 1.04. The molecule has 0 aliphatic heterocycles. The molecule has 0 bridgehead atoms. The van der Waals surface area contributed by atoms with Gasteiger partial charge in [0, 0.05) is 37.4 Å². The molecular formula is C21H27FN4O2S. The van der Waals surface area contributed by atoms with Gasteiger partial charge in [-0.25, -0.2) is 9.38 Å². The summed E-state index contributed by atoms with van der Waals surface area (Å²) in [5.74, 6) is 1.33. The number of aliphatic imine (C=N–C) groups is 1. The normalized spacial score (nSPS) is 11.1. The van der Waals surface area contributed by atoms with Crippen LogP contribution in [0.5, 0.6) is 5.75 Å². The third-order valence-electron chi connectivity index (χ3n) is 3.90. The van der Waals surface area contributed by atoms with E-state index in [0.717, 1.165) is 5.75 Å². The van der Waals surface area contributed by atoms with Crippen LogP contribution in [0.1, 0.15) is 5.56 Å². The largest absolute Gasteiger partial charge is 0.497 e. The highest BCUT2D eigenvalue weighted by atomic mass is 32.2. The number of thioether (sulfide) groups is 1. The molecule has 0 fully saturated rings. The molecule has 0 saturated carbocycles. The van der Waals surface area contributed by atoms with Gasteiger partial charge in [-0.1, -0.05) is 18.2 Å². The second-order valence-electron chi connectivity index (χ2n) is 6.39. The molecule has 0 heterocycles. The first-order chi connectivity index (χ1) is 14.0. The third kappa shape index (κ3) is 8.43. The summed E-state index contributed by atoms with van der Waals surface area (Å²) in [5.41, 5.74) is 0.681. The Morgan fingerprint density at radius 2 is 1.93 bits per heavy atom. The first-order valence-corrected chi connectivity index (χ1v) is 10.2. The maximum Gasteiger partial charge on any atom is 0.241 e. The Morgan fingerprint density at radius 3 is 2.62 bits per heavy atom. The Hall–Kier alpha value is -2.74. The van der Waals surface area contributed by atoms with Crippen LogP contribution in [0.3, 0.4) is 0 Å². The van der Waals surface area contributed by atoms with Gasteiger partial charge in [-0.15, -0.1) is 11.8 Å². The van der Waals surface area contributed by atoms with Crippen molar-refractivity contribution in [3.8, 4) is 5.75 Å².